The van der Waals surface area contributed by atoms with Crippen LogP contribution in [-0.2, 0) is 18.2 Å². The maximum absolute atomic E-state index is 4.49. The molecule has 0 amide bonds. The van der Waals surface area contributed by atoms with Crippen molar-refractivity contribution >= 4 is 46.6 Å². The Bertz CT molecular complexity index is 820. The predicted octanol–water partition coefficient (Wildman–Crippen LogP) is 6.29. The van der Waals surface area contributed by atoms with Gasteiger partial charge in [-0.05, 0) is 37.1 Å². The average Bonchev–Trinajstić information content (AvgIpc) is 2.84. The monoisotopic (exact) mass is 539 g/mol. The third-order valence-corrected chi connectivity index (χ3v) is 11.2. The topological polar surface area (TPSA) is 0 Å². The zero-order chi connectivity index (χ0) is 21.2. The summed E-state index contributed by atoms with van der Waals surface area (Å²) in [5.41, 5.74) is 0. The molecule has 30 heavy (non-hydrogen) atoms. The molecule has 0 N–H and O–H groups in total. The molecule has 0 nitrogen and oxygen atoms in total. The Hall–Kier alpha value is -1.31. The molecule has 0 atom stereocenters. The van der Waals surface area contributed by atoms with Gasteiger partial charge in [0.05, 0.1) is 0 Å². The van der Waals surface area contributed by atoms with Crippen molar-refractivity contribution in [2.75, 3.05) is 0 Å². The molecule has 0 fully saturated rings. The van der Waals surface area contributed by atoms with Crippen molar-refractivity contribution in [2.45, 2.75) is 12.3 Å². The predicted molar refractivity (Wildman–Crippen MR) is 133 cm³/mol. The fraction of sp³-hybridized carbons (Fsp3) is 0.0769. The Balaban J connectivity index is 0.00000124. The summed E-state index contributed by atoms with van der Waals surface area (Å²) in [5, 5.41) is 6.34. The molecule has 4 aromatic rings. The number of rotatable bonds is 6. The molecule has 0 saturated heterocycles. The van der Waals surface area contributed by atoms with Crippen LogP contribution in [0.1, 0.15) is 6.92 Å². The second-order valence-corrected chi connectivity index (χ2v) is 12.2. The van der Waals surface area contributed by atoms with Crippen LogP contribution >= 0.6 is 25.4 Å². The Morgan fingerprint density at radius 1 is 0.467 bits per heavy atom. The van der Waals surface area contributed by atoms with Crippen LogP contribution in [-0.4, -0.2) is 5.40 Å². The minimum atomic E-state index is -0.470. The van der Waals surface area contributed by atoms with Gasteiger partial charge in [0, 0.05) is 5.40 Å². The van der Waals surface area contributed by atoms with Crippen molar-refractivity contribution in [1.82, 2.24) is 0 Å². The van der Waals surface area contributed by atoms with E-state index in [1.54, 1.807) is 0 Å². The average molecular weight is 540 g/mol. The first-order valence-corrected chi connectivity index (χ1v) is 14.6. The van der Waals surface area contributed by atoms with Gasteiger partial charge in [-0.1, -0.05) is 128 Å². The molecule has 0 heterocycles. The fourth-order valence-electron chi connectivity index (χ4n) is 3.63. The van der Waals surface area contributed by atoms with Gasteiger partial charge in [0.1, 0.15) is 0 Å². The van der Waals surface area contributed by atoms with Gasteiger partial charge >= 0.3 is 27.7 Å². The quantitative estimate of drug-likeness (QED) is 0.200. The Labute approximate surface area is 197 Å². The molecule has 0 aliphatic heterocycles. The van der Waals surface area contributed by atoms with Gasteiger partial charge in [-0.3, -0.25) is 0 Å². The van der Waals surface area contributed by atoms with Gasteiger partial charge in [-0.15, -0.1) is 0 Å². The second kappa shape index (κ2) is 12.5. The number of halogens is 1. The minimum absolute atomic E-state index is 0.470. The van der Waals surface area contributed by atoms with Gasteiger partial charge in [0.25, 0.3) is 0 Å². The van der Waals surface area contributed by atoms with Gasteiger partial charge in [-0.25, -0.2) is 0 Å². The van der Waals surface area contributed by atoms with Crippen LogP contribution in [0.2, 0.25) is 0 Å². The van der Waals surface area contributed by atoms with Crippen molar-refractivity contribution in [3.63, 3.8) is 0 Å². The summed E-state index contributed by atoms with van der Waals surface area (Å²) in [7, 11) is 3.55. The first-order valence-electron chi connectivity index (χ1n) is 9.75. The number of hydrogen-bond donors (Lipinski definition) is 0. The summed E-state index contributed by atoms with van der Waals surface area (Å²) in [5.74, 6) is 0. The van der Waals surface area contributed by atoms with Crippen LogP contribution < -0.4 is 21.2 Å². The molecule has 0 aliphatic rings. The van der Waals surface area contributed by atoms with Gasteiger partial charge in [0.2, 0.25) is 0 Å². The van der Waals surface area contributed by atoms with E-state index in [4.69, 9.17) is 0 Å². The van der Waals surface area contributed by atoms with Crippen LogP contribution in [0.25, 0.3) is 0 Å². The van der Waals surface area contributed by atoms with Crippen molar-refractivity contribution < 1.29 is 18.2 Å². The molecule has 0 radical (unpaired) electrons. The summed E-state index contributed by atoms with van der Waals surface area (Å²) in [6.07, 6.45) is 0. The standard InChI is InChI=1S/C26H24P2.ClH.Pd/c1-22(27(23-14-6-2-7-15-23)24-16-8-3-9-17-24)28(25-18-10-4-11-19-25)26-20-12-5-13-21-26;;/h2-22H,1H3;1H;/q;;+1/p-1. The summed E-state index contributed by atoms with van der Waals surface area (Å²) in [4.78, 5) is 0. The molecule has 0 aliphatic carbocycles. The van der Waals surface area contributed by atoms with Crippen LogP contribution in [0.4, 0.5) is 0 Å². The third-order valence-electron chi connectivity index (χ3n) is 4.88. The van der Waals surface area contributed by atoms with E-state index in [1.165, 1.54) is 21.2 Å². The Morgan fingerprint density at radius 3 is 0.867 bits per heavy atom. The first kappa shape index (κ1) is 23.4. The summed E-state index contributed by atoms with van der Waals surface area (Å²) < 4.78 is 0. The number of benzene rings is 4. The van der Waals surface area contributed by atoms with Gasteiger partial charge in [0.15, 0.2) is 0 Å². The van der Waals surface area contributed by atoms with Crippen molar-refractivity contribution in [3.05, 3.63) is 121 Å². The van der Waals surface area contributed by atoms with Gasteiger partial charge < -0.3 is 0 Å². The molecule has 155 valence electrons. The third kappa shape index (κ3) is 5.89. The molecular weight excluding hydrogens is 516 g/mol. The van der Waals surface area contributed by atoms with Crippen LogP contribution in [0, 0.1) is 0 Å². The molecule has 4 aromatic carbocycles. The van der Waals surface area contributed by atoms with E-state index in [2.05, 4.69) is 156 Å². The van der Waals surface area contributed by atoms with Crippen molar-refractivity contribution in [3.8, 4) is 0 Å². The van der Waals surface area contributed by atoms with Crippen molar-refractivity contribution in [2.24, 2.45) is 0 Å². The van der Waals surface area contributed by atoms with E-state index in [0.29, 0.717) is 5.40 Å². The summed E-state index contributed by atoms with van der Waals surface area (Å²) in [6.45, 7) is 2.46. The Morgan fingerprint density at radius 2 is 0.667 bits per heavy atom. The molecule has 0 aromatic heterocycles. The molecule has 0 saturated carbocycles. The fourth-order valence-corrected chi connectivity index (χ4v) is 10.5. The second-order valence-electron chi connectivity index (χ2n) is 6.71. The first-order chi connectivity index (χ1) is 14.8. The maximum atomic E-state index is 4.49. The summed E-state index contributed by atoms with van der Waals surface area (Å²) >= 11 is 2.22. The zero-order valence-corrected chi connectivity index (χ0v) is 20.8. The van der Waals surface area contributed by atoms with Crippen molar-refractivity contribution in [1.29, 1.82) is 0 Å². The molecule has 4 rings (SSSR count). The zero-order valence-electron chi connectivity index (χ0n) is 16.7. The van der Waals surface area contributed by atoms with E-state index in [0.717, 1.165) is 0 Å². The van der Waals surface area contributed by atoms with Gasteiger partial charge in [-0.2, -0.15) is 0 Å². The SMILES string of the molecule is CC(P(c1ccccc1)c1ccccc1)P(c1ccccc1)c1ccccc1.[Cl][Pd]. The number of hydrogen-bond acceptors (Lipinski definition) is 0. The van der Waals surface area contributed by atoms with Crippen LogP contribution in [0.15, 0.2) is 121 Å². The Kier molecular flexibility index (Phi) is 9.75. The van der Waals surface area contributed by atoms with E-state index in [9.17, 15) is 0 Å². The van der Waals surface area contributed by atoms with E-state index in [-0.39, 0.29) is 0 Å². The normalized spacial score (nSPS) is 10.8. The van der Waals surface area contributed by atoms with Crippen LogP contribution in [0.3, 0.4) is 0 Å². The molecule has 0 unspecified atom stereocenters. The molecule has 0 bridgehead atoms. The van der Waals surface area contributed by atoms with Crippen LogP contribution in [0.5, 0.6) is 0 Å². The molecular formula is C26H24ClP2Pd. The summed E-state index contributed by atoms with van der Waals surface area (Å²) in [6, 6.07) is 44.3. The van der Waals surface area contributed by atoms with E-state index < -0.39 is 15.8 Å². The van der Waals surface area contributed by atoms with E-state index in [1.807, 2.05) is 0 Å². The molecule has 0 spiro atoms. The van der Waals surface area contributed by atoms with E-state index >= 15 is 0 Å². The molecule has 4 heteroatoms.